The maximum Gasteiger partial charge on any atom is 0.410 e. The van der Waals surface area contributed by atoms with E-state index in [1.165, 1.54) is 0 Å². The van der Waals surface area contributed by atoms with Crippen molar-refractivity contribution in [2.45, 2.75) is 25.4 Å². The maximum absolute atomic E-state index is 12.5. The minimum absolute atomic E-state index is 0.193. The zero-order chi connectivity index (χ0) is 24.2. The second kappa shape index (κ2) is 9.93. The summed E-state index contributed by atoms with van der Waals surface area (Å²) >= 11 is 0. The first-order chi connectivity index (χ1) is 17.1. The number of aromatic hydroxyl groups is 2. The Morgan fingerprint density at radius 1 is 0.886 bits per heavy atom. The van der Waals surface area contributed by atoms with Gasteiger partial charge in [-0.25, -0.2) is 9.48 Å². The van der Waals surface area contributed by atoms with Gasteiger partial charge in [0.2, 0.25) is 0 Å². The Morgan fingerprint density at radius 3 is 2.17 bits per heavy atom. The highest BCUT2D eigenvalue weighted by atomic mass is 16.6. The molecule has 0 unspecified atom stereocenters. The Bertz CT molecular complexity index is 1210. The Hall–Kier alpha value is -4.26. The molecule has 1 fully saturated rings. The molecule has 7 heteroatoms. The number of hydrogen-bond acceptors (Lipinski definition) is 5. The van der Waals surface area contributed by atoms with Gasteiger partial charge in [-0.05, 0) is 73.0 Å². The molecule has 1 saturated heterocycles. The van der Waals surface area contributed by atoms with Crippen molar-refractivity contribution in [2.24, 2.45) is 0 Å². The molecule has 178 valence electrons. The van der Waals surface area contributed by atoms with Crippen molar-refractivity contribution in [3.05, 3.63) is 96.2 Å². The third kappa shape index (κ3) is 5.14. The summed E-state index contributed by atoms with van der Waals surface area (Å²) in [4.78, 5) is 14.3. The molecular weight excluding hydrogens is 442 g/mol. The van der Waals surface area contributed by atoms with Gasteiger partial charge < -0.3 is 19.8 Å². The van der Waals surface area contributed by atoms with Crippen LogP contribution in [0.5, 0.6) is 11.5 Å². The summed E-state index contributed by atoms with van der Waals surface area (Å²) in [7, 11) is 0. The molecule has 3 aromatic carbocycles. The Labute approximate surface area is 203 Å². The molecule has 2 heterocycles. The predicted molar refractivity (Wildman–Crippen MR) is 133 cm³/mol. The highest BCUT2D eigenvalue weighted by molar-refractivity contribution is 5.68. The molecular formula is C28H27N3O4. The van der Waals surface area contributed by atoms with Gasteiger partial charge in [-0.2, -0.15) is 5.10 Å². The molecule has 5 rings (SSSR count). The van der Waals surface area contributed by atoms with Gasteiger partial charge in [-0.3, -0.25) is 0 Å². The number of likely N-dealkylation sites (tertiary alicyclic amines) is 1. The van der Waals surface area contributed by atoms with Gasteiger partial charge in [0.1, 0.15) is 18.1 Å². The fraction of sp³-hybridized carbons (Fsp3) is 0.214. The van der Waals surface area contributed by atoms with Crippen LogP contribution < -0.4 is 0 Å². The fourth-order valence-electron chi connectivity index (χ4n) is 4.40. The van der Waals surface area contributed by atoms with Crippen LogP contribution in [-0.4, -0.2) is 44.1 Å². The fourth-order valence-corrected chi connectivity index (χ4v) is 4.40. The van der Waals surface area contributed by atoms with Crippen LogP contribution in [0.2, 0.25) is 0 Å². The number of phenols is 2. The number of piperidine rings is 1. The van der Waals surface area contributed by atoms with Gasteiger partial charge in [0.05, 0.1) is 17.1 Å². The molecule has 0 bridgehead atoms. The average molecular weight is 470 g/mol. The minimum Gasteiger partial charge on any atom is -0.508 e. The Balaban J connectivity index is 1.31. The number of rotatable bonds is 5. The maximum atomic E-state index is 12.5. The SMILES string of the molecule is O=C(OCc1ccccc1)N1CCC(c2cc(-c3ccc(O)cc3)n(-c3ccc(O)cc3)n2)CC1. The molecule has 1 aromatic heterocycles. The third-order valence-electron chi connectivity index (χ3n) is 6.36. The number of carbonyl (C=O) groups excluding carboxylic acids is 1. The molecule has 0 spiro atoms. The summed E-state index contributed by atoms with van der Waals surface area (Å²) in [6, 6.07) is 25.7. The molecule has 7 nitrogen and oxygen atoms in total. The number of nitrogens with zero attached hydrogens (tertiary/aromatic N) is 3. The van der Waals surface area contributed by atoms with Gasteiger partial charge in [0.15, 0.2) is 0 Å². The lowest BCUT2D eigenvalue weighted by molar-refractivity contribution is 0.0868. The normalized spacial score (nSPS) is 14.1. The van der Waals surface area contributed by atoms with Gasteiger partial charge in [0, 0.05) is 24.6 Å². The Morgan fingerprint density at radius 2 is 1.51 bits per heavy atom. The van der Waals surface area contributed by atoms with E-state index in [4.69, 9.17) is 9.84 Å². The molecule has 35 heavy (non-hydrogen) atoms. The zero-order valence-electron chi connectivity index (χ0n) is 19.2. The highest BCUT2D eigenvalue weighted by Crippen LogP contribution is 2.33. The molecule has 1 aliphatic heterocycles. The van der Waals surface area contributed by atoms with Crippen LogP contribution in [-0.2, 0) is 11.3 Å². The van der Waals surface area contributed by atoms with Crippen molar-refractivity contribution in [3.63, 3.8) is 0 Å². The largest absolute Gasteiger partial charge is 0.508 e. The topological polar surface area (TPSA) is 87.8 Å². The average Bonchev–Trinajstić information content (AvgIpc) is 3.34. The minimum atomic E-state index is -0.285. The van der Waals surface area contributed by atoms with Gasteiger partial charge >= 0.3 is 6.09 Å². The molecule has 0 aliphatic carbocycles. The van der Waals surface area contributed by atoms with E-state index in [0.29, 0.717) is 13.1 Å². The molecule has 1 aliphatic rings. The number of ether oxygens (including phenoxy) is 1. The summed E-state index contributed by atoms with van der Waals surface area (Å²) in [6.45, 7) is 1.49. The smallest absolute Gasteiger partial charge is 0.410 e. The lowest BCUT2D eigenvalue weighted by Gasteiger charge is -2.30. The zero-order valence-corrected chi connectivity index (χ0v) is 19.2. The van der Waals surface area contributed by atoms with E-state index in [1.807, 2.05) is 59.3 Å². The van der Waals surface area contributed by atoms with E-state index in [1.54, 1.807) is 29.2 Å². The third-order valence-corrected chi connectivity index (χ3v) is 6.36. The molecule has 2 N–H and O–H groups in total. The van der Waals surface area contributed by atoms with Gasteiger partial charge in [0.25, 0.3) is 0 Å². The van der Waals surface area contributed by atoms with Gasteiger partial charge in [-0.1, -0.05) is 30.3 Å². The number of benzene rings is 3. The number of amides is 1. The van der Waals surface area contributed by atoms with Crippen molar-refractivity contribution < 1.29 is 19.7 Å². The van der Waals surface area contributed by atoms with Gasteiger partial charge in [-0.15, -0.1) is 0 Å². The van der Waals surface area contributed by atoms with Crippen molar-refractivity contribution in [2.75, 3.05) is 13.1 Å². The van der Waals surface area contributed by atoms with Crippen LogP contribution in [0.1, 0.15) is 30.0 Å². The van der Waals surface area contributed by atoms with Crippen LogP contribution >= 0.6 is 0 Å². The predicted octanol–water partition coefficient (Wildman–Crippen LogP) is 5.47. The summed E-state index contributed by atoms with van der Waals surface area (Å²) in [5, 5.41) is 24.3. The first-order valence-corrected chi connectivity index (χ1v) is 11.7. The lowest BCUT2D eigenvalue weighted by Crippen LogP contribution is -2.38. The Kier molecular flexibility index (Phi) is 6.39. The van der Waals surface area contributed by atoms with Crippen molar-refractivity contribution in [3.8, 4) is 28.4 Å². The van der Waals surface area contributed by atoms with Crippen molar-refractivity contribution >= 4 is 6.09 Å². The second-order valence-corrected chi connectivity index (χ2v) is 8.73. The van der Waals surface area contributed by atoms with Crippen LogP contribution in [0.4, 0.5) is 4.79 Å². The van der Waals surface area contributed by atoms with E-state index in [0.717, 1.165) is 41.0 Å². The molecule has 4 aromatic rings. The van der Waals surface area contributed by atoms with E-state index in [-0.39, 0.29) is 30.1 Å². The first-order valence-electron chi connectivity index (χ1n) is 11.7. The van der Waals surface area contributed by atoms with E-state index in [9.17, 15) is 15.0 Å². The number of aromatic nitrogens is 2. The van der Waals surface area contributed by atoms with Crippen LogP contribution in [0.15, 0.2) is 84.9 Å². The van der Waals surface area contributed by atoms with Crippen molar-refractivity contribution in [1.29, 1.82) is 0 Å². The molecule has 0 atom stereocenters. The second-order valence-electron chi connectivity index (χ2n) is 8.73. The molecule has 0 radical (unpaired) electrons. The number of carbonyl (C=O) groups is 1. The summed E-state index contributed by atoms with van der Waals surface area (Å²) in [6.07, 6.45) is 1.30. The quantitative estimate of drug-likeness (QED) is 0.405. The van der Waals surface area contributed by atoms with E-state index >= 15 is 0 Å². The highest BCUT2D eigenvalue weighted by Gasteiger charge is 2.27. The number of hydrogen-bond donors (Lipinski definition) is 2. The standard InChI is InChI=1S/C28H27N3O4/c32-24-10-6-22(7-11-24)27-18-26(29-31(27)23-8-12-25(33)13-9-23)21-14-16-30(17-15-21)28(34)35-19-20-4-2-1-3-5-20/h1-13,18,21,32-33H,14-17,19H2. The molecule has 1 amide bonds. The van der Waals surface area contributed by atoms with E-state index in [2.05, 4.69) is 6.07 Å². The number of phenolic OH excluding ortho intramolecular Hbond substituents is 2. The summed E-state index contributed by atoms with van der Waals surface area (Å²) < 4.78 is 7.36. The first kappa shape index (κ1) is 22.5. The molecule has 0 saturated carbocycles. The summed E-state index contributed by atoms with van der Waals surface area (Å²) in [5.74, 6) is 0.609. The van der Waals surface area contributed by atoms with Crippen molar-refractivity contribution in [1.82, 2.24) is 14.7 Å². The van der Waals surface area contributed by atoms with Crippen LogP contribution in [0, 0.1) is 0 Å². The summed E-state index contributed by atoms with van der Waals surface area (Å²) in [5.41, 5.74) is 4.58. The van der Waals surface area contributed by atoms with E-state index < -0.39 is 0 Å². The van der Waals surface area contributed by atoms with Crippen LogP contribution in [0.25, 0.3) is 16.9 Å². The monoisotopic (exact) mass is 469 g/mol. The lowest BCUT2D eigenvalue weighted by atomic mass is 9.93. The van der Waals surface area contributed by atoms with Crippen LogP contribution in [0.3, 0.4) is 0 Å².